The molecular formula is C11H16ClN3O2S. The molecule has 0 saturated carbocycles. The molecule has 0 aliphatic carbocycles. The Labute approximate surface area is 115 Å². The molecular weight excluding hydrogens is 274 g/mol. The van der Waals surface area contributed by atoms with E-state index in [1.54, 1.807) is 0 Å². The van der Waals surface area contributed by atoms with E-state index in [0.29, 0.717) is 23.8 Å². The van der Waals surface area contributed by atoms with Crippen LogP contribution in [0, 0.1) is 5.41 Å². The summed E-state index contributed by atoms with van der Waals surface area (Å²) in [6, 6.07) is 0. The summed E-state index contributed by atoms with van der Waals surface area (Å²) in [6.07, 6.45) is 2.30. The molecule has 1 unspecified atom stereocenters. The molecule has 1 atom stereocenters. The average Bonchev–Trinajstić information content (AvgIpc) is 2.75. The van der Waals surface area contributed by atoms with Gasteiger partial charge in [0, 0.05) is 24.6 Å². The summed E-state index contributed by atoms with van der Waals surface area (Å²) in [4.78, 5) is 13.6. The van der Waals surface area contributed by atoms with Crippen molar-refractivity contribution in [1.29, 1.82) is 0 Å². The molecule has 7 heteroatoms. The van der Waals surface area contributed by atoms with E-state index in [0.717, 1.165) is 25.1 Å². The number of carbonyl (C=O) groups is 1. The van der Waals surface area contributed by atoms with Gasteiger partial charge in [-0.3, -0.25) is 9.69 Å². The number of aliphatic carboxylic acids is 1. The van der Waals surface area contributed by atoms with Crippen LogP contribution in [0.3, 0.4) is 0 Å². The second-order valence-corrected chi connectivity index (χ2v) is 6.10. The van der Waals surface area contributed by atoms with Gasteiger partial charge in [0.25, 0.3) is 0 Å². The molecule has 1 fully saturated rings. The minimum atomic E-state index is -0.697. The summed E-state index contributed by atoms with van der Waals surface area (Å²) >= 11 is 7.14. The van der Waals surface area contributed by atoms with E-state index >= 15 is 0 Å². The maximum absolute atomic E-state index is 11.4. The Morgan fingerprint density at radius 1 is 1.67 bits per heavy atom. The van der Waals surface area contributed by atoms with E-state index in [-0.39, 0.29) is 0 Å². The van der Waals surface area contributed by atoms with E-state index in [4.69, 9.17) is 11.6 Å². The topological polar surface area (TPSA) is 66.3 Å². The molecule has 1 aromatic heterocycles. The van der Waals surface area contributed by atoms with Crippen LogP contribution in [0.4, 0.5) is 0 Å². The standard InChI is InChI=1S/C11H16ClN3O2S/c1-2-11(10(16)17)4-3-5-15(7-11)6-8-9(12)18-14-13-8/h2-7H2,1H3,(H,16,17). The van der Waals surface area contributed by atoms with E-state index in [2.05, 4.69) is 14.5 Å². The fraction of sp³-hybridized carbons (Fsp3) is 0.727. The van der Waals surface area contributed by atoms with Crippen LogP contribution >= 0.6 is 23.1 Å². The molecule has 2 heterocycles. The minimum absolute atomic E-state index is 0.562. The van der Waals surface area contributed by atoms with Crippen LogP contribution in [0.2, 0.25) is 4.34 Å². The Morgan fingerprint density at radius 2 is 2.44 bits per heavy atom. The molecule has 1 aromatic rings. The van der Waals surface area contributed by atoms with Crippen LogP contribution in [0.25, 0.3) is 0 Å². The number of carboxylic acid groups (broad SMARTS) is 1. The molecule has 18 heavy (non-hydrogen) atoms. The zero-order valence-electron chi connectivity index (χ0n) is 10.2. The Balaban J connectivity index is 2.07. The Morgan fingerprint density at radius 3 is 3.00 bits per heavy atom. The second-order valence-electron chi connectivity index (χ2n) is 4.75. The van der Waals surface area contributed by atoms with Gasteiger partial charge in [0.2, 0.25) is 0 Å². The SMILES string of the molecule is CCC1(C(=O)O)CCCN(Cc2nnsc2Cl)C1. The van der Waals surface area contributed by atoms with Crippen molar-refractivity contribution in [3.05, 3.63) is 10.0 Å². The van der Waals surface area contributed by atoms with Crippen LogP contribution in [0.1, 0.15) is 31.9 Å². The van der Waals surface area contributed by atoms with Gasteiger partial charge < -0.3 is 5.11 Å². The summed E-state index contributed by atoms with van der Waals surface area (Å²) in [6.45, 7) is 3.98. The third kappa shape index (κ3) is 2.65. The number of aromatic nitrogens is 2. The van der Waals surface area contributed by atoms with Gasteiger partial charge in [0.05, 0.1) is 5.41 Å². The lowest BCUT2D eigenvalue weighted by atomic mass is 9.77. The molecule has 1 aliphatic rings. The highest BCUT2D eigenvalue weighted by Gasteiger charge is 2.40. The molecule has 0 radical (unpaired) electrons. The predicted molar refractivity (Wildman–Crippen MR) is 69.8 cm³/mol. The van der Waals surface area contributed by atoms with Crippen molar-refractivity contribution < 1.29 is 9.90 Å². The van der Waals surface area contributed by atoms with Crippen LogP contribution in [-0.4, -0.2) is 38.7 Å². The molecule has 100 valence electrons. The van der Waals surface area contributed by atoms with Gasteiger partial charge in [-0.05, 0) is 25.8 Å². The molecule has 0 spiro atoms. The van der Waals surface area contributed by atoms with E-state index < -0.39 is 11.4 Å². The Kier molecular flexibility index (Phi) is 4.19. The van der Waals surface area contributed by atoms with Gasteiger partial charge in [-0.15, -0.1) is 5.10 Å². The van der Waals surface area contributed by atoms with Crippen LogP contribution in [0.15, 0.2) is 0 Å². The zero-order valence-corrected chi connectivity index (χ0v) is 11.8. The molecule has 1 aliphatic heterocycles. The fourth-order valence-corrected chi connectivity index (χ4v) is 3.09. The van der Waals surface area contributed by atoms with Crippen molar-refractivity contribution in [2.75, 3.05) is 13.1 Å². The summed E-state index contributed by atoms with van der Waals surface area (Å²) < 4.78 is 4.39. The first-order valence-corrected chi connectivity index (χ1v) is 7.15. The molecule has 0 bridgehead atoms. The highest BCUT2D eigenvalue weighted by molar-refractivity contribution is 7.10. The lowest BCUT2D eigenvalue weighted by Crippen LogP contribution is -2.47. The van der Waals surface area contributed by atoms with Crippen LogP contribution < -0.4 is 0 Å². The van der Waals surface area contributed by atoms with Crippen molar-refractivity contribution in [1.82, 2.24) is 14.5 Å². The third-order valence-corrected chi connectivity index (χ3v) is 4.65. The van der Waals surface area contributed by atoms with Crippen LogP contribution in [0.5, 0.6) is 0 Å². The third-order valence-electron chi connectivity index (χ3n) is 3.67. The van der Waals surface area contributed by atoms with Gasteiger partial charge in [-0.25, -0.2) is 0 Å². The van der Waals surface area contributed by atoms with Gasteiger partial charge >= 0.3 is 5.97 Å². The lowest BCUT2D eigenvalue weighted by molar-refractivity contribution is -0.153. The fourth-order valence-electron chi connectivity index (χ4n) is 2.48. The summed E-state index contributed by atoms with van der Waals surface area (Å²) in [5.74, 6) is -0.697. The largest absolute Gasteiger partial charge is 0.481 e. The van der Waals surface area contributed by atoms with E-state index in [1.807, 2.05) is 6.92 Å². The van der Waals surface area contributed by atoms with Gasteiger partial charge in [0.15, 0.2) is 0 Å². The number of rotatable bonds is 4. The summed E-state index contributed by atoms with van der Waals surface area (Å²) in [5, 5.41) is 13.4. The summed E-state index contributed by atoms with van der Waals surface area (Å²) in [5.41, 5.74) is 0.132. The van der Waals surface area contributed by atoms with Crippen molar-refractivity contribution in [3.63, 3.8) is 0 Å². The van der Waals surface area contributed by atoms with Crippen molar-refractivity contribution in [2.45, 2.75) is 32.7 Å². The number of hydrogen-bond donors (Lipinski definition) is 1. The van der Waals surface area contributed by atoms with E-state index in [9.17, 15) is 9.90 Å². The molecule has 0 aromatic carbocycles. The lowest BCUT2D eigenvalue weighted by Gasteiger charge is -2.39. The van der Waals surface area contributed by atoms with E-state index in [1.165, 1.54) is 11.5 Å². The number of hydrogen-bond acceptors (Lipinski definition) is 5. The molecule has 5 nitrogen and oxygen atoms in total. The highest BCUT2D eigenvalue weighted by Crippen LogP contribution is 2.34. The number of carboxylic acids is 1. The minimum Gasteiger partial charge on any atom is -0.481 e. The number of likely N-dealkylation sites (tertiary alicyclic amines) is 1. The smallest absolute Gasteiger partial charge is 0.310 e. The maximum atomic E-state index is 11.4. The first-order valence-electron chi connectivity index (χ1n) is 6.00. The van der Waals surface area contributed by atoms with Gasteiger partial charge in [0.1, 0.15) is 10.0 Å². The Hall–Kier alpha value is -0.720. The normalized spacial score (nSPS) is 25.2. The summed E-state index contributed by atoms with van der Waals surface area (Å²) in [7, 11) is 0. The first kappa shape index (κ1) is 13.7. The van der Waals surface area contributed by atoms with Crippen LogP contribution in [-0.2, 0) is 11.3 Å². The quantitative estimate of drug-likeness (QED) is 0.921. The Bertz CT molecular complexity index is 440. The van der Waals surface area contributed by atoms with Crippen molar-refractivity contribution in [3.8, 4) is 0 Å². The molecule has 2 rings (SSSR count). The van der Waals surface area contributed by atoms with Gasteiger partial charge in [-0.1, -0.05) is 23.0 Å². The molecule has 0 amide bonds. The predicted octanol–water partition coefficient (Wildman–Crippen LogP) is 2.27. The maximum Gasteiger partial charge on any atom is 0.310 e. The van der Waals surface area contributed by atoms with Crippen molar-refractivity contribution >= 4 is 29.1 Å². The number of halogens is 1. The molecule has 1 saturated heterocycles. The number of piperidine rings is 1. The van der Waals surface area contributed by atoms with Crippen molar-refractivity contribution in [2.24, 2.45) is 5.41 Å². The average molecular weight is 290 g/mol. The van der Waals surface area contributed by atoms with Gasteiger partial charge in [-0.2, -0.15) is 0 Å². The highest BCUT2D eigenvalue weighted by atomic mass is 35.5. The first-order chi connectivity index (χ1) is 8.57. The zero-order chi connectivity index (χ0) is 13.2. The number of nitrogens with zero attached hydrogens (tertiary/aromatic N) is 3. The molecule has 1 N–H and O–H groups in total. The second kappa shape index (κ2) is 5.50. The monoisotopic (exact) mass is 289 g/mol.